The number of aromatic amines is 1. The average Bonchev–Trinajstić information content (AvgIpc) is 2.95. The van der Waals surface area contributed by atoms with E-state index in [1.54, 1.807) is 36.6 Å². The summed E-state index contributed by atoms with van der Waals surface area (Å²) in [7, 11) is 0. The van der Waals surface area contributed by atoms with E-state index in [1.807, 2.05) is 0 Å². The molecular formula is C15H11FN2O2. The quantitative estimate of drug-likeness (QED) is 0.796. The summed E-state index contributed by atoms with van der Waals surface area (Å²) in [6, 6.07) is 11.2. The lowest BCUT2D eigenvalue weighted by atomic mass is 10.1. The third-order valence-corrected chi connectivity index (χ3v) is 2.97. The Labute approximate surface area is 113 Å². The molecule has 1 aromatic carbocycles. The number of halogens is 1. The summed E-state index contributed by atoms with van der Waals surface area (Å²) in [6.07, 6.45) is 1.95. The van der Waals surface area contributed by atoms with Gasteiger partial charge in [0.25, 0.3) is 5.56 Å². The molecule has 2 heterocycles. The van der Waals surface area contributed by atoms with Crippen molar-refractivity contribution in [3.63, 3.8) is 0 Å². The van der Waals surface area contributed by atoms with Crippen LogP contribution in [0.3, 0.4) is 0 Å². The van der Waals surface area contributed by atoms with E-state index in [0.29, 0.717) is 23.4 Å². The van der Waals surface area contributed by atoms with Crippen LogP contribution in [-0.4, -0.2) is 10.2 Å². The molecule has 0 bridgehead atoms. The first-order valence-corrected chi connectivity index (χ1v) is 6.09. The number of nitrogens with one attached hydrogen (secondary N) is 1. The lowest BCUT2D eigenvalue weighted by Crippen LogP contribution is -2.14. The number of H-pyrrole nitrogens is 1. The zero-order valence-corrected chi connectivity index (χ0v) is 10.5. The fourth-order valence-corrected chi connectivity index (χ4v) is 1.95. The molecule has 0 unspecified atom stereocenters. The van der Waals surface area contributed by atoms with Crippen LogP contribution in [-0.2, 0) is 6.42 Å². The summed E-state index contributed by atoms with van der Waals surface area (Å²) in [5.41, 5.74) is 1.62. The maximum Gasteiger partial charge on any atom is 0.267 e. The summed E-state index contributed by atoms with van der Waals surface area (Å²) in [6.45, 7) is 0. The second-order valence-electron chi connectivity index (χ2n) is 4.37. The Kier molecular flexibility index (Phi) is 3.16. The molecule has 0 aliphatic heterocycles. The highest BCUT2D eigenvalue weighted by Crippen LogP contribution is 2.17. The van der Waals surface area contributed by atoms with Crippen LogP contribution in [0.25, 0.3) is 11.3 Å². The molecule has 0 saturated carbocycles. The molecule has 0 aliphatic carbocycles. The molecule has 0 amide bonds. The van der Waals surface area contributed by atoms with E-state index in [0.717, 1.165) is 5.56 Å². The van der Waals surface area contributed by atoms with Gasteiger partial charge < -0.3 is 4.42 Å². The summed E-state index contributed by atoms with van der Waals surface area (Å²) in [5, 5.41) is 6.43. The molecule has 0 aliphatic rings. The Balaban J connectivity index is 1.97. The number of benzene rings is 1. The molecule has 3 rings (SSSR count). The van der Waals surface area contributed by atoms with E-state index < -0.39 is 0 Å². The Bertz CT molecular complexity index is 761. The van der Waals surface area contributed by atoms with Gasteiger partial charge in [0.15, 0.2) is 0 Å². The number of aromatic nitrogens is 2. The van der Waals surface area contributed by atoms with Gasteiger partial charge in [-0.05, 0) is 42.5 Å². The van der Waals surface area contributed by atoms with Crippen LogP contribution in [0.5, 0.6) is 0 Å². The molecule has 5 heteroatoms. The molecule has 1 N–H and O–H groups in total. The summed E-state index contributed by atoms with van der Waals surface area (Å²) < 4.78 is 18.1. The van der Waals surface area contributed by atoms with E-state index in [-0.39, 0.29) is 11.4 Å². The van der Waals surface area contributed by atoms with Crippen molar-refractivity contribution < 1.29 is 8.81 Å². The highest BCUT2D eigenvalue weighted by atomic mass is 19.1. The first kappa shape index (κ1) is 12.3. The minimum absolute atomic E-state index is 0.257. The molecule has 0 saturated heterocycles. The van der Waals surface area contributed by atoms with Gasteiger partial charge in [-0.2, -0.15) is 5.10 Å². The third-order valence-electron chi connectivity index (χ3n) is 2.97. The average molecular weight is 270 g/mol. The van der Waals surface area contributed by atoms with Crippen LogP contribution in [0.2, 0.25) is 0 Å². The minimum atomic E-state index is -0.311. The Hall–Kier alpha value is -2.69. The van der Waals surface area contributed by atoms with Crippen LogP contribution in [0.1, 0.15) is 11.3 Å². The summed E-state index contributed by atoms with van der Waals surface area (Å²) in [4.78, 5) is 11.8. The number of hydrogen-bond donors (Lipinski definition) is 1. The van der Waals surface area contributed by atoms with Gasteiger partial charge in [-0.3, -0.25) is 4.79 Å². The number of furan rings is 1. The molecule has 3 aromatic rings. The van der Waals surface area contributed by atoms with Crippen molar-refractivity contribution in [2.45, 2.75) is 6.42 Å². The molecule has 2 aromatic heterocycles. The van der Waals surface area contributed by atoms with Gasteiger partial charge in [-0.1, -0.05) is 0 Å². The highest BCUT2D eigenvalue weighted by Gasteiger charge is 2.08. The fraction of sp³-hybridized carbons (Fsp3) is 0.0667. The number of rotatable bonds is 3. The van der Waals surface area contributed by atoms with Crippen LogP contribution >= 0.6 is 0 Å². The van der Waals surface area contributed by atoms with Crippen molar-refractivity contribution >= 4 is 0 Å². The van der Waals surface area contributed by atoms with E-state index >= 15 is 0 Å². The van der Waals surface area contributed by atoms with Crippen LogP contribution < -0.4 is 5.56 Å². The predicted molar refractivity (Wildman–Crippen MR) is 71.8 cm³/mol. The highest BCUT2D eigenvalue weighted by molar-refractivity contribution is 5.58. The molecule has 0 spiro atoms. The van der Waals surface area contributed by atoms with E-state index in [4.69, 9.17) is 4.42 Å². The third kappa shape index (κ3) is 2.51. The normalized spacial score (nSPS) is 10.7. The van der Waals surface area contributed by atoms with Crippen molar-refractivity contribution in [1.29, 1.82) is 0 Å². The van der Waals surface area contributed by atoms with Gasteiger partial charge in [0, 0.05) is 17.5 Å². The summed E-state index contributed by atoms with van der Waals surface area (Å²) >= 11 is 0. The summed E-state index contributed by atoms with van der Waals surface area (Å²) in [5.74, 6) is 0.390. The van der Waals surface area contributed by atoms with Crippen LogP contribution in [0, 0.1) is 5.82 Å². The zero-order valence-electron chi connectivity index (χ0n) is 10.5. The molecule has 0 radical (unpaired) electrons. The first-order chi connectivity index (χ1) is 9.72. The van der Waals surface area contributed by atoms with Crippen molar-refractivity contribution in [2.24, 2.45) is 0 Å². The van der Waals surface area contributed by atoms with Crippen molar-refractivity contribution in [2.75, 3.05) is 0 Å². The van der Waals surface area contributed by atoms with Gasteiger partial charge in [-0.25, -0.2) is 9.49 Å². The smallest absolute Gasteiger partial charge is 0.267 e. The standard InChI is InChI=1S/C15H11FN2O2/c16-12-5-3-10(4-6-12)14-9-11(15(19)18-17-14)8-13-2-1-7-20-13/h1-7,9H,8H2,(H,18,19). The van der Waals surface area contributed by atoms with Crippen molar-refractivity contribution in [1.82, 2.24) is 10.2 Å². The van der Waals surface area contributed by atoms with Crippen LogP contribution in [0.4, 0.5) is 4.39 Å². The van der Waals surface area contributed by atoms with E-state index in [9.17, 15) is 9.18 Å². The monoisotopic (exact) mass is 270 g/mol. The lowest BCUT2D eigenvalue weighted by Gasteiger charge is -2.03. The van der Waals surface area contributed by atoms with Gasteiger partial charge in [0.1, 0.15) is 11.6 Å². The van der Waals surface area contributed by atoms with Gasteiger partial charge >= 0.3 is 0 Å². The van der Waals surface area contributed by atoms with E-state index in [2.05, 4.69) is 10.2 Å². The maximum absolute atomic E-state index is 12.9. The topological polar surface area (TPSA) is 58.9 Å². The van der Waals surface area contributed by atoms with E-state index in [1.165, 1.54) is 12.1 Å². The molecule has 4 nitrogen and oxygen atoms in total. The minimum Gasteiger partial charge on any atom is -0.469 e. The molecule has 0 atom stereocenters. The second-order valence-corrected chi connectivity index (χ2v) is 4.37. The Morgan fingerprint density at radius 2 is 2.00 bits per heavy atom. The SMILES string of the molecule is O=c1[nH]nc(-c2ccc(F)cc2)cc1Cc1ccco1. The fourth-order valence-electron chi connectivity index (χ4n) is 1.95. The van der Waals surface area contributed by atoms with Gasteiger partial charge in [0.05, 0.1) is 12.0 Å². The van der Waals surface area contributed by atoms with Crippen molar-refractivity contribution in [3.05, 3.63) is 76.2 Å². The zero-order chi connectivity index (χ0) is 13.9. The molecule has 0 fully saturated rings. The molecular weight excluding hydrogens is 259 g/mol. The van der Waals surface area contributed by atoms with Crippen LogP contribution in [0.15, 0.2) is 57.9 Å². The predicted octanol–water partition coefficient (Wildman–Crippen LogP) is 2.76. The number of nitrogens with zero attached hydrogens (tertiary/aromatic N) is 1. The Morgan fingerprint density at radius 1 is 1.20 bits per heavy atom. The van der Waals surface area contributed by atoms with Crippen molar-refractivity contribution in [3.8, 4) is 11.3 Å². The molecule has 20 heavy (non-hydrogen) atoms. The number of hydrogen-bond acceptors (Lipinski definition) is 3. The Morgan fingerprint density at radius 3 is 2.70 bits per heavy atom. The van der Waals surface area contributed by atoms with Gasteiger partial charge in [-0.15, -0.1) is 0 Å². The first-order valence-electron chi connectivity index (χ1n) is 6.09. The second kappa shape index (κ2) is 5.13. The molecule has 100 valence electrons. The lowest BCUT2D eigenvalue weighted by molar-refractivity contribution is 0.520. The largest absolute Gasteiger partial charge is 0.469 e. The maximum atomic E-state index is 12.9. The van der Waals surface area contributed by atoms with Gasteiger partial charge in [0.2, 0.25) is 0 Å².